The summed E-state index contributed by atoms with van der Waals surface area (Å²) in [5.74, 6) is 0.526. The van der Waals surface area contributed by atoms with E-state index in [1.165, 1.54) is 16.4 Å². The quantitative estimate of drug-likeness (QED) is 0.700. The summed E-state index contributed by atoms with van der Waals surface area (Å²) >= 11 is 0. The fourth-order valence-electron chi connectivity index (χ4n) is 3.83. The lowest BCUT2D eigenvalue weighted by Gasteiger charge is -2.31. The number of nitrogens with zero attached hydrogens (tertiary/aromatic N) is 1. The van der Waals surface area contributed by atoms with Crippen LogP contribution in [-0.2, 0) is 14.8 Å². The number of sulfonamides is 1. The summed E-state index contributed by atoms with van der Waals surface area (Å²) in [7, 11) is -3.68. The maximum atomic E-state index is 13.0. The summed E-state index contributed by atoms with van der Waals surface area (Å²) in [6, 6.07) is 13.8. The van der Waals surface area contributed by atoms with Crippen LogP contribution in [0.4, 0.5) is 0 Å². The minimum Gasteiger partial charge on any atom is -0.486 e. The van der Waals surface area contributed by atoms with E-state index in [9.17, 15) is 18.3 Å². The van der Waals surface area contributed by atoms with Gasteiger partial charge in [-0.3, -0.25) is 4.79 Å². The number of aliphatic hydroxyl groups excluding tert-OH is 1. The third-order valence-electron chi connectivity index (χ3n) is 5.63. The second-order valence-corrected chi connectivity index (χ2v) is 9.59. The number of ether oxygens (including phenoxy) is 2. The molecular weight excluding hydrogens is 420 g/mol. The van der Waals surface area contributed by atoms with E-state index in [2.05, 4.69) is 5.32 Å². The first-order chi connectivity index (χ1) is 14.9. The predicted octanol–water partition coefficient (Wildman–Crippen LogP) is 1.71. The number of carbonyl (C=O) groups excluding carboxylic acids is 1. The zero-order chi connectivity index (χ0) is 21.8. The molecule has 2 aromatic carbocycles. The Morgan fingerprint density at radius 1 is 1.06 bits per heavy atom. The second-order valence-electron chi connectivity index (χ2n) is 7.66. The van der Waals surface area contributed by atoms with E-state index in [0.29, 0.717) is 37.6 Å². The Bertz CT molecular complexity index is 1020. The van der Waals surface area contributed by atoms with Crippen LogP contribution in [0.5, 0.6) is 11.5 Å². The minimum absolute atomic E-state index is 0.124. The Balaban J connectivity index is 1.32. The highest BCUT2D eigenvalue weighted by molar-refractivity contribution is 7.89. The number of aliphatic hydroxyl groups is 1. The molecule has 0 radical (unpaired) electrons. The molecule has 2 heterocycles. The van der Waals surface area contributed by atoms with Gasteiger partial charge in [0.05, 0.1) is 11.0 Å². The molecule has 1 fully saturated rings. The zero-order valence-electron chi connectivity index (χ0n) is 17.1. The SMILES string of the molecule is O=C(NCC(O)c1ccccc1)C1CCN(S(=O)(=O)c2ccc3c(c2)OCCO3)CC1. The maximum absolute atomic E-state index is 13.0. The summed E-state index contributed by atoms with van der Waals surface area (Å²) in [6.45, 7) is 1.47. The number of hydrogen-bond donors (Lipinski definition) is 2. The molecule has 8 nitrogen and oxygen atoms in total. The van der Waals surface area contributed by atoms with Crippen LogP contribution in [0.1, 0.15) is 24.5 Å². The van der Waals surface area contributed by atoms with Crippen molar-refractivity contribution in [2.75, 3.05) is 32.8 Å². The number of rotatable bonds is 6. The van der Waals surface area contributed by atoms with E-state index in [1.807, 2.05) is 18.2 Å². The van der Waals surface area contributed by atoms with Crippen molar-refractivity contribution in [2.45, 2.75) is 23.8 Å². The minimum atomic E-state index is -3.68. The normalized spacial score (nSPS) is 18.4. The summed E-state index contributed by atoms with van der Waals surface area (Å²) in [5, 5.41) is 13.0. The van der Waals surface area contributed by atoms with Gasteiger partial charge in [-0.25, -0.2) is 8.42 Å². The van der Waals surface area contributed by atoms with Crippen LogP contribution in [0.3, 0.4) is 0 Å². The third kappa shape index (κ3) is 4.84. The number of fused-ring (bicyclic) bond motifs is 1. The first-order valence-corrected chi connectivity index (χ1v) is 11.8. The fraction of sp³-hybridized carbons (Fsp3) is 0.409. The van der Waals surface area contributed by atoms with E-state index in [0.717, 1.165) is 5.56 Å². The van der Waals surface area contributed by atoms with Crippen LogP contribution < -0.4 is 14.8 Å². The van der Waals surface area contributed by atoms with Crippen molar-refractivity contribution in [3.63, 3.8) is 0 Å². The van der Waals surface area contributed by atoms with Gasteiger partial charge in [0, 0.05) is 31.6 Å². The molecule has 0 spiro atoms. The van der Waals surface area contributed by atoms with Crippen molar-refractivity contribution < 1.29 is 27.8 Å². The van der Waals surface area contributed by atoms with Crippen molar-refractivity contribution in [1.29, 1.82) is 0 Å². The molecule has 31 heavy (non-hydrogen) atoms. The highest BCUT2D eigenvalue weighted by Gasteiger charge is 2.33. The number of carbonyl (C=O) groups is 1. The van der Waals surface area contributed by atoms with Crippen LogP contribution >= 0.6 is 0 Å². The third-order valence-corrected chi connectivity index (χ3v) is 7.52. The van der Waals surface area contributed by atoms with Crippen molar-refractivity contribution in [3.05, 3.63) is 54.1 Å². The number of piperidine rings is 1. The van der Waals surface area contributed by atoms with Crippen LogP contribution in [0, 0.1) is 5.92 Å². The van der Waals surface area contributed by atoms with Gasteiger partial charge in [-0.2, -0.15) is 4.31 Å². The molecule has 0 aromatic heterocycles. The van der Waals surface area contributed by atoms with Gasteiger partial charge >= 0.3 is 0 Å². The highest BCUT2D eigenvalue weighted by Crippen LogP contribution is 2.34. The molecule has 9 heteroatoms. The van der Waals surface area contributed by atoms with Crippen LogP contribution in [0.15, 0.2) is 53.4 Å². The average Bonchev–Trinajstić information content (AvgIpc) is 2.82. The van der Waals surface area contributed by atoms with E-state index in [1.54, 1.807) is 18.2 Å². The first-order valence-electron chi connectivity index (χ1n) is 10.4. The maximum Gasteiger partial charge on any atom is 0.243 e. The molecule has 1 saturated heterocycles. The van der Waals surface area contributed by atoms with Gasteiger partial charge in [0.2, 0.25) is 15.9 Å². The van der Waals surface area contributed by atoms with Gasteiger partial charge < -0.3 is 19.9 Å². The van der Waals surface area contributed by atoms with E-state index < -0.39 is 16.1 Å². The Morgan fingerprint density at radius 2 is 1.74 bits per heavy atom. The lowest BCUT2D eigenvalue weighted by Crippen LogP contribution is -2.43. The van der Waals surface area contributed by atoms with Crippen molar-refractivity contribution in [2.24, 2.45) is 5.92 Å². The Morgan fingerprint density at radius 3 is 2.45 bits per heavy atom. The molecule has 1 unspecified atom stereocenters. The molecular formula is C22H26N2O6S. The van der Waals surface area contributed by atoms with E-state index in [4.69, 9.17) is 9.47 Å². The molecule has 2 aliphatic rings. The molecule has 2 aliphatic heterocycles. The van der Waals surface area contributed by atoms with Gasteiger partial charge in [0.15, 0.2) is 11.5 Å². The molecule has 1 amide bonds. The summed E-state index contributed by atoms with van der Waals surface area (Å²) in [6.07, 6.45) is 0.0782. The van der Waals surface area contributed by atoms with Gasteiger partial charge in [0.25, 0.3) is 0 Å². The largest absolute Gasteiger partial charge is 0.486 e. The number of amides is 1. The smallest absolute Gasteiger partial charge is 0.243 e. The molecule has 2 aromatic rings. The first kappa shape index (κ1) is 21.6. The molecule has 1 atom stereocenters. The van der Waals surface area contributed by atoms with Crippen molar-refractivity contribution >= 4 is 15.9 Å². The predicted molar refractivity (Wildman–Crippen MR) is 113 cm³/mol. The van der Waals surface area contributed by atoms with Gasteiger partial charge in [-0.1, -0.05) is 30.3 Å². The van der Waals surface area contributed by atoms with Gasteiger partial charge in [-0.15, -0.1) is 0 Å². The monoisotopic (exact) mass is 446 g/mol. The standard InChI is InChI=1S/C22H26N2O6S/c25-19(16-4-2-1-3-5-16)15-23-22(26)17-8-10-24(11-9-17)31(27,28)18-6-7-20-21(14-18)30-13-12-29-20/h1-7,14,17,19,25H,8-13,15H2,(H,23,26). The number of nitrogens with one attached hydrogen (secondary N) is 1. The molecule has 0 bridgehead atoms. The highest BCUT2D eigenvalue weighted by atomic mass is 32.2. The van der Waals surface area contributed by atoms with Crippen LogP contribution in [-0.4, -0.2) is 56.6 Å². The Labute approximate surface area is 181 Å². The number of benzene rings is 2. The lowest BCUT2D eigenvalue weighted by atomic mass is 9.97. The average molecular weight is 447 g/mol. The molecule has 166 valence electrons. The molecule has 0 aliphatic carbocycles. The molecule has 2 N–H and O–H groups in total. The van der Waals surface area contributed by atoms with Crippen LogP contribution in [0.25, 0.3) is 0 Å². The van der Waals surface area contributed by atoms with Gasteiger partial charge in [0.1, 0.15) is 13.2 Å². The number of hydrogen-bond acceptors (Lipinski definition) is 6. The molecule has 4 rings (SSSR count). The Hall–Kier alpha value is -2.62. The second kappa shape index (κ2) is 9.25. The topological polar surface area (TPSA) is 105 Å². The van der Waals surface area contributed by atoms with Gasteiger partial charge in [-0.05, 0) is 30.5 Å². The zero-order valence-corrected chi connectivity index (χ0v) is 17.9. The van der Waals surface area contributed by atoms with Crippen LogP contribution in [0.2, 0.25) is 0 Å². The summed E-state index contributed by atoms with van der Waals surface area (Å²) in [5.41, 5.74) is 0.739. The summed E-state index contributed by atoms with van der Waals surface area (Å²) in [4.78, 5) is 12.7. The summed E-state index contributed by atoms with van der Waals surface area (Å²) < 4.78 is 38.4. The van der Waals surface area contributed by atoms with Crippen molar-refractivity contribution in [3.8, 4) is 11.5 Å². The van der Waals surface area contributed by atoms with E-state index in [-0.39, 0.29) is 36.4 Å². The van der Waals surface area contributed by atoms with E-state index >= 15 is 0 Å². The molecule has 0 saturated carbocycles. The van der Waals surface area contributed by atoms with Crippen molar-refractivity contribution in [1.82, 2.24) is 9.62 Å². The fourth-order valence-corrected chi connectivity index (χ4v) is 5.31. The Kier molecular flexibility index (Phi) is 6.45. The lowest BCUT2D eigenvalue weighted by molar-refractivity contribution is -0.126.